The van der Waals surface area contributed by atoms with Gasteiger partial charge in [0.15, 0.2) is 0 Å². The summed E-state index contributed by atoms with van der Waals surface area (Å²) in [5.41, 5.74) is 6.09. The molecule has 1 aromatic heterocycles. The first-order valence-electron chi connectivity index (χ1n) is 10.8. The second kappa shape index (κ2) is 6.89. The van der Waals surface area contributed by atoms with E-state index in [0.29, 0.717) is 0 Å². The molecule has 3 aromatic carbocycles. The molecule has 1 saturated heterocycles. The number of fused-ring (bicyclic) bond motifs is 1. The monoisotopic (exact) mass is 393 g/mol. The Kier molecular flexibility index (Phi) is 4.41. The van der Waals surface area contributed by atoms with Crippen LogP contribution in [0.2, 0.25) is 6.32 Å². The van der Waals surface area contributed by atoms with Gasteiger partial charge in [-0.2, -0.15) is 0 Å². The Morgan fingerprint density at radius 1 is 0.800 bits per heavy atom. The van der Waals surface area contributed by atoms with Crippen LogP contribution < -0.4 is 5.46 Å². The number of nitrogens with zero attached hydrogens (tertiary/aromatic N) is 1. The fourth-order valence-corrected chi connectivity index (χ4v) is 4.57. The largest absolute Gasteiger partial charge is 0.426 e. The molecule has 0 bridgehead atoms. The van der Waals surface area contributed by atoms with Gasteiger partial charge in [0.2, 0.25) is 0 Å². The normalized spacial score (nSPS) is 17.5. The smallest absolute Gasteiger partial charge is 0.328 e. The number of rotatable bonds is 3. The van der Waals surface area contributed by atoms with Gasteiger partial charge in [-0.1, -0.05) is 74.5 Å². The van der Waals surface area contributed by atoms with E-state index < -0.39 is 0 Å². The predicted molar refractivity (Wildman–Crippen MR) is 128 cm³/mol. The van der Waals surface area contributed by atoms with Crippen molar-refractivity contribution in [1.29, 1.82) is 0 Å². The molecule has 0 spiro atoms. The van der Waals surface area contributed by atoms with E-state index >= 15 is 0 Å². The van der Waals surface area contributed by atoms with Gasteiger partial charge in [0.1, 0.15) is 0 Å². The van der Waals surface area contributed by atoms with E-state index in [0.717, 1.165) is 6.32 Å². The molecule has 30 heavy (non-hydrogen) atoms. The van der Waals surface area contributed by atoms with Crippen molar-refractivity contribution in [2.24, 2.45) is 5.41 Å². The Balaban J connectivity index is 1.65. The average molecular weight is 393 g/mol. The van der Waals surface area contributed by atoms with Crippen LogP contribution >= 0.6 is 0 Å². The summed E-state index contributed by atoms with van der Waals surface area (Å²) in [5, 5.41) is 1.25. The van der Waals surface area contributed by atoms with Crippen LogP contribution in [-0.4, -0.2) is 17.1 Å². The van der Waals surface area contributed by atoms with Gasteiger partial charge in [0.25, 0.3) is 0 Å². The number of aromatic nitrogens is 1. The van der Waals surface area contributed by atoms with E-state index in [9.17, 15) is 0 Å². The number of para-hydroxylation sites is 1. The van der Waals surface area contributed by atoms with Crippen molar-refractivity contribution in [3.05, 3.63) is 84.9 Å². The lowest BCUT2D eigenvalue weighted by atomic mass is 9.54. The lowest BCUT2D eigenvalue weighted by Gasteiger charge is -2.34. The zero-order valence-corrected chi connectivity index (χ0v) is 18.2. The van der Waals surface area contributed by atoms with E-state index in [1.807, 2.05) is 0 Å². The maximum atomic E-state index is 6.52. The molecule has 2 heterocycles. The summed E-state index contributed by atoms with van der Waals surface area (Å²) >= 11 is 0. The van der Waals surface area contributed by atoms with Gasteiger partial charge < -0.3 is 9.22 Å². The highest BCUT2D eigenvalue weighted by Crippen LogP contribution is 2.45. The minimum Gasteiger partial charge on any atom is -0.426 e. The van der Waals surface area contributed by atoms with Crippen molar-refractivity contribution < 1.29 is 4.65 Å². The van der Waals surface area contributed by atoms with Crippen molar-refractivity contribution in [2.75, 3.05) is 0 Å². The van der Waals surface area contributed by atoms with Gasteiger partial charge in [-0.05, 0) is 60.9 Å². The van der Waals surface area contributed by atoms with Crippen molar-refractivity contribution in [2.45, 2.75) is 39.6 Å². The third-order valence-corrected chi connectivity index (χ3v) is 7.04. The number of hydrogen-bond acceptors (Lipinski definition) is 1. The summed E-state index contributed by atoms with van der Waals surface area (Å²) in [6.07, 6.45) is 1.03. The van der Waals surface area contributed by atoms with Gasteiger partial charge in [-0.15, -0.1) is 0 Å². The molecule has 4 aromatic rings. The maximum Gasteiger partial charge on any atom is 0.328 e. The zero-order valence-electron chi connectivity index (χ0n) is 18.2. The van der Waals surface area contributed by atoms with Crippen LogP contribution in [-0.2, 0) is 4.65 Å². The van der Waals surface area contributed by atoms with Crippen molar-refractivity contribution in [1.82, 2.24) is 4.57 Å². The summed E-state index contributed by atoms with van der Waals surface area (Å²) in [4.78, 5) is 0. The molecule has 1 aliphatic heterocycles. The van der Waals surface area contributed by atoms with E-state index in [2.05, 4.69) is 117 Å². The number of hydrogen-bond donors (Lipinski definition) is 0. The van der Waals surface area contributed by atoms with Crippen LogP contribution in [0.25, 0.3) is 27.8 Å². The molecule has 150 valence electrons. The van der Waals surface area contributed by atoms with Gasteiger partial charge in [0, 0.05) is 11.1 Å². The second-order valence-corrected chi connectivity index (χ2v) is 9.59. The molecule has 0 amide bonds. The van der Waals surface area contributed by atoms with Crippen LogP contribution in [0.5, 0.6) is 0 Å². The Labute approximate surface area is 179 Å². The van der Waals surface area contributed by atoms with Crippen molar-refractivity contribution in [3.63, 3.8) is 0 Å². The average Bonchev–Trinajstić information content (AvgIpc) is 3.23. The predicted octanol–water partition coefficient (Wildman–Crippen LogP) is 6.33. The Bertz CT molecular complexity index is 1190. The summed E-state index contributed by atoms with van der Waals surface area (Å²) in [6.45, 7) is 9.17. The maximum absolute atomic E-state index is 6.52. The minimum atomic E-state index is -0.136. The fourth-order valence-electron chi connectivity index (χ4n) is 4.57. The Morgan fingerprint density at radius 3 is 2.27 bits per heavy atom. The van der Waals surface area contributed by atoms with Crippen LogP contribution in [0.4, 0.5) is 0 Å². The van der Waals surface area contributed by atoms with Crippen LogP contribution in [0.15, 0.2) is 84.9 Å². The summed E-state index contributed by atoms with van der Waals surface area (Å²) in [6, 6.07) is 30.4. The van der Waals surface area contributed by atoms with Crippen LogP contribution in [0.1, 0.15) is 27.7 Å². The SMILES string of the molecule is CC1(C)CB(c2cccc(-n3c(-c4ccccc4)cc4ccccc43)c2)OC1(C)C. The molecular formula is C27H28BNO. The molecule has 0 saturated carbocycles. The third-order valence-electron chi connectivity index (χ3n) is 7.04. The Hall–Kier alpha value is -2.78. The first kappa shape index (κ1) is 19.2. The molecule has 0 unspecified atom stereocenters. The molecule has 3 heteroatoms. The molecule has 1 aliphatic rings. The highest BCUT2D eigenvalue weighted by Gasteiger charge is 2.49. The lowest BCUT2D eigenvalue weighted by molar-refractivity contribution is 0.0375. The van der Waals surface area contributed by atoms with Crippen molar-refractivity contribution in [3.8, 4) is 16.9 Å². The van der Waals surface area contributed by atoms with E-state index in [4.69, 9.17) is 4.65 Å². The van der Waals surface area contributed by atoms with Gasteiger partial charge in [-0.25, -0.2) is 0 Å². The van der Waals surface area contributed by atoms with Crippen molar-refractivity contribution >= 4 is 23.3 Å². The molecule has 5 rings (SSSR count). The molecule has 0 radical (unpaired) electrons. The molecular weight excluding hydrogens is 365 g/mol. The fraction of sp³-hybridized carbons (Fsp3) is 0.259. The zero-order chi connectivity index (χ0) is 20.9. The molecule has 0 aliphatic carbocycles. The molecule has 0 N–H and O–H groups in total. The molecule has 1 fully saturated rings. The lowest BCUT2D eigenvalue weighted by Crippen LogP contribution is -2.36. The van der Waals surface area contributed by atoms with Gasteiger partial charge in [-0.3, -0.25) is 0 Å². The third kappa shape index (κ3) is 3.09. The molecule has 0 atom stereocenters. The van der Waals surface area contributed by atoms with Crippen LogP contribution in [0.3, 0.4) is 0 Å². The van der Waals surface area contributed by atoms with Crippen LogP contribution in [0, 0.1) is 5.41 Å². The quantitative estimate of drug-likeness (QED) is 0.371. The first-order chi connectivity index (χ1) is 14.4. The highest BCUT2D eigenvalue weighted by molar-refractivity contribution is 6.68. The standard InChI is InChI=1S/C27H28BNO/c1-26(2)19-28(30-27(26,3)4)22-14-10-15-23(18-22)29-24-16-9-8-13-21(24)17-25(29)20-11-6-5-7-12-20/h5-18H,19H2,1-4H3. The summed E-state index contributed by atoms with van der Waals surface area (Å²) < 4.78 is 8.89. The van der Waals surface area contributed by atoms with E-state index in [1.54, 1.807) is 0 Å². The first-order valence-corrected chi connectivity index (χ1v) is 10.8. The topological polar surface area (TPSA) is 14.2 Å². The summed E-state index contributed by atoms with van der Waals surface area (Å²) in [5.74, 6) is 0. The molecule has 2 nitrogen and oxygen atoms in total. The van der Waals surface area contributed by atoms with Gasteiger partial charge in [0.05, 0.1) is 16.8 Å². The Morgan fingerprint density at radius 2 is 1.53 bits per heavy atom. The van der Waals surface area contributed by atoms with Gasteiger partial charge >= 0.3 is 6.92 Å². The summed E-state index contributed by atoms with van der Waals surface area (Å²) in [7, 11) is 0. The van der Waals surface area contributed by atoms with E-state index in [-0.39, 0.29) is 17.9 Å². The minimum absolute atomic E-state index is 0.122. The number of benzene rings is 3. The van der Waals surface area contributed by atoms with E-state index in [1.165, 1.54) is 33.3 Å². The second-order valence-electron chi connectivity index (χ2n) is 9.59. The highest BCUT2D eigenvalue weighted by atomic mass is 16.5.